The predicted octanol–water partition coefficient (Wildman–Crippen LogP) is 8.69. The van der Waals surface area contributed by atoms with Crippen LogP contribution in [0.25, 0.3) is 32.6 Å². The molecule has 0 N–H and O–H groups in total. The van der Waals surface area contributed by atoms with E-state index in [0.717, 1.165) is 24.0 Å². The predicted molar refractivity (Wildman–Crippen MR) is 138 cm³/mol. The molecule has 0 aliphatic heterocycles. The van der Waals surface area contributed by atoms with Gasteiger partial charge in [-0.1, -0.05) is 42.5 Å². The van der Waals surface area contributed by atoms with Crippen LogP contribution in [-0.2, 0) is 12.5 Å². The van der Waals surface area contributed by atoms with Crippen molar-refractivity contribution in [2.45, 2.75) is 19.0 Å². The molecule has 2 aromatic heterocycles. The van der Waals surface area contributed by atoms with Gasteiger partial charge in [0.1, 0.15) is 5.75 Å². The molecule has 0 amide bonds. The van der Waals surface area contributed by atoms with Crippen LogP contribution in [0.1, 0.15) is 17.0 Å². The van der Waals surface area contributed by atoms with Crippen LogP contribution in [0.5, 0.6) is 5.75 Å². The first-order valence-electron chi connectivity index (χ1n) is 11.5. The Bertz CT molecular complexity index is 1590. The van der Waals surface area contributed by atoms with Crippen LogP contribution in [0.15, 0.2) is 85.6 Å². The van der Waals surface area contributed by atoms with E-state index in [1.807, 2.05) is 30.3 Å². The number of hydrogen-bond donors (Lipinski definition) is 0. The zero-order chi connectivity index (χ0) is 26.9. The summed E-state index contributed by atoms with van der Waals surface area (Å²) < 4.78 is 74.3. The summed E-state index contributed by atoms with van der Waals surface area (Å²) in [5, 5.41) is -0.713. The quantitative estimate of drug-likeness (QED) is 0.113. The molecule has 0 unspecified atom stereocenters. The smallest absolute Gasteiger partial charge is 0.427 e. The molecular formula is C29H19F5N2OS. The van der Waals surface area contributed by atoms with Gasteiger partial charge >= 0.3 is 6.11 Å². The van der Waals surface area contributed by atoms with Gasteiger partial charge in [-0.2, -0.15) is 8.78 Å². The number of benzene rings is 3. The Morgan fingerprint density at radius 1 is 0.868 bits per heavy atom. The number of ether oxygens (including phenoxy) is 1. The average Bonchev–Trinajstić information content (AvgIpc) is 3.35. The van der Waals surface area contributed by atoms with Crippen molar-refractivity contribution < 1.29 is 26.7 Å². The van der Waals surface area contributed by atoms with Crippen molar-refractivity contribution in [3.63, 3.8) is 0 Å². The first-order valence-corrected chi connectivity index (χ1v) is 12.3. The minimum atomic E-state index is -4.00. The van der Waals surface area contributed by atoms with E-state index in [1.165, 1.54) is 5.56 Å². The molecule has 0 saturated carbocycles. The minimum Gasteiger partial charge on any atom is -0.427 e. The number of aromatic nitrogens is 2. The molecule has 0 bridgehead atoms. The second-order valence-electron chi connectivity index (χ2n) is 8.48. The fourth-order valence-electron chi connectivity index (χ4n) is 3.86. The minimum absolute atomic E-state index is 0.293. The molecule has 0 fully saturated rings. The molecule has 5 rings (SSSR count). The van der Waals surface area contributed by atoms with Gasteiger partial charge in [0.25, 0.3) is 0 Å². The topological polar surface area (TPSA) is 35.0 Å². The highest BCUT2D eigenvalue weighted by molar-refractivity contribution is 7.18. The summed E-state index contributed by atoms with van der Waals surface area (Å²) in [7, 11) is 0. The fourth-order valence-corrected chi connectivity index (χ4v) is 4.78. The maximum Gasteiger partial charge on any atom is 0.454 e. The Morgan fingerprint density at radius 3 is 2.21 bits per heavy atom. The molecule has 5 aromatic rings. The number of allylic oxidation sites excluding steroid dienone is 1. The van der Waals surface area contributed by atoms with Crippen LogP contribution in [0.4, 0.5) is 22.0 Å². The van der Waals surface area contributed by atoms with Gasteiger partial charge in [-0.15, -0.1) is 17.9 Å². The number of rotatable bonds is 8. The van der Waals surface area contributed by atoms with Crippen molar-refractivity contribution in [2.75, 3.05) is 0 Å². The lowest BCUT2D eigenvalue weighted by Crippen LogP contribution is -2.21. The second kappa shape index (κ2) is 10.3. The Hall–Kier alpha value is -4.11. The standard InChI is InChI=1S/C29H19F5N2OS/c1-2-3-4-17-5-7-18(8-6-17)20-10-11-24(35-16-20)19-9-12-25-26(13-19)38-28(36-25)29(33,34)37-21-14-22(30)27(32)23(31)15-21/h2,5-16H,1,3-4H2. The lowest BCUT2D eigenvalue weighted by Gasteiger charge is -2.15. The van der Waals surface area contributed by atoms with Crippen molar-refractivity contribution in [2.24, 2.45) is 0 Å². The highest BCUT2D eigenvalue weighted by Gasteiger charge is 2.39. The molecule has 0 aliphatic rings. The van der Waals surface area contributed by atoms with Crippen LogP contribution >= 0.6 is 11.3 Å². The van der Waals surface area contributed by atoms with E-state index in [-0.39, 0.29) is 0 Å². The fraction of sp³-hybridized carbons (Fsp3) is 0.103. The summed E-state index contributed by atoms with van der Waals surface area (Å²) in [6.07, 6.45) is 1.49. The first-order chi connectivity index (χ1) is 18.2. The van der Waals surface area contributed by atoms with Gasteiger partial charge in [-0.3, -0.25) is 4.98 Å². The third kappa shape index (κ3) is 5.28. The van der Waals surface area contributed by atoms with Crippen LogP contribution in [0.3, 0.4) is 0 Å². The second-order valence-corrected chi connectivity index (χ2v) is 9.51. The molecular weight excluding hydrogens is 519 g/mol. The van der Waals surface area contributed by atoms with Crippen molar-refractivity contribution >= 4 is 21.6 Å². The van der Waals surface area contributed by atoms with Crippen LogP contribution in [-0.4, -0.2) is 9.97 Å². The number of nitrogens with zero attached hydrogens (tertiary/aromatic N) is 2. The van der Waals surface area contributed by atoms with E-state index >= 15 is 0 Å². The summed E-state index contributed by atoms with van der Waals surface area (Å²) in [5.74, 6) is -5.90. The molecule has 0 radical (unpaired) electrons. The van der Waals surface area contributed by atoms with Crippen molar-refractivity contribution in [1.29, 1.82) is 0 Å². The number of fused-ring (bicyclic) bond motifs is 1. The van der Waals surface area contributed by atoms with E-state index in [9.17, 15) is 22.0 Å². The largest absolute Gasteiger partial charge is 0.454 e. The Labute approximate surface area is 218 Å². The Balaban J connectivity index is 1.36. The third-order valence-corrected chi connectivity index (χ3v) is 6.89. The van der Waals surface area contributed by atoms with E-state index in [1.54, 1.807) is 24.4 Å². The molecule has 192 valence electrons. The maximum atomic E-state index is 14.7. The molecule has 0 spiro atoms. The van der Waals surface area contributed by atoms with E-state index in [4.69, 9.17) is 0 Å². The number of pyridine rings is 1. The number of halogens is 5. The molecule has 9 heteroatoms. The summed E-state index contributed by atoms with van der Waals surface area (Å²) in [6, 6.07) is 17.7. The SMILES string of the molecule is C=CCCc1ccc(-c2ccc(-c3ccc4nc(C(F)(F)Oc5cc(F)c(F)c(F)c5)sc4c3)nc2)cc1. The molecule has 0 atom stereocenters. The van der Waals surface area contributed by atoms with Gasteiger partial charge in [-0.05, 0) is 42.2 Å². The highest BCUT2D eigenvalue weighted by Crippen LogP contribution is 2.38. The number of alkyl halides is 2. The van der Waals surface area contributed by atoms with Crippen molar-refractivity contribution in [1.82, 2.24) is 9.97 Å². The summed E-state index contributed by atoms with van der Waals surface area (Å²) >= 11 is 0.669. The van der Waals surface area contributed by atoms with Crippen LogP contribution < -0.4 is 4.74 Å². The van der Waals surface area contributed by atoms with Crippen molar-refractivity contribution in [3.8, 4) is 28.1 Å². The third-order valence-electron chi connectivity index (χ3n) is 5.82. The van der Waals surface area contributed by atoms with Gasteiger partial charge in [-0.25, -0.2) is 18.2 Å². The summed E-state index contributed by atoms with van der Waals surface area (Å²) in [5.41, 5.74) is 4.83. The highest BCUT2D eigenvalue weighted by atomic mass is 32.1. The zero-order valence-electron chi connectivity index (χ0n) is 19.7. The summed E-state index contributed by atoms with van der Waals surface area (Å²) in [6.45, 7) is 3.74. The van der Waals surface area contributed by atoms with Crippen LogP contribution in [0.2, 0.25) is 0 Å². The Kier molecular flexibility index (Phi) is 6.94. The van der Waals surface area contributed by atoms with E-state index in [2.05, 4.69) is 33.4 Å². The van der Waals surface area contributed by atoms with Gasteiger partial charge in [0.15, 0.2) is 17.5 Å². The molecule has 2 heterocycles. The first kappa shape index (κ1) is 25.5. The molecule has 0 aliphatic carbocycles. The average molecular weight is 539 g/mol. The summed E-state index contributed by atoms with van der Waals surface area (Å²) in [4.78, 5) is 8.45. The van der Waals surface area contributed by atoms with E-state index < -0.39 is 34.3 Å². The normalized spacial score (nSPS) is 11.6. The number of thiazole rings is 1. The molecule has 3 aromatic carbocycles. The van der Waals surface area contributed by atoms with E-state index in [0.29, 0.717) is 44.9 Å². The Morgan fingerprint density at radius 2 is 1.55 bits per heavy atom. The van der Waals surface area contributed by atoms with Gasteiger partial charge < -0.3 is 4.74 Å². The monoisotopic (exact) mass is 538 g/mol. The van der Waals surface area contributed by atoms with Gasteiger partial charge in [0.05, 0.1) is 15.9 Å². The lowest BCUT2D eigenvalue weighted by atomic mass is 10.0. The molecule has 3 nitrogen and oxygen atoms in total. The van der Waals surface area contributed by atoms with Gasteiger partial charge in [0.2, 0.25) is 5.01 Å². The maximum absolute atomic E-state index is 14.7. The van der Waals surface area contributed by atoms with Gasteiger partial charge in [0, 0.05) is 29.5 Å². The lowest BCUT2D eigenvalue weighted by molar-refractivity contribution is -0.185. The zero-order valence-corrected chi connectivity index (χ0v) is 20.5. The number of hydrogen-bond acceptors (Lipinski definition) is 4. The number of aryl methyl sites for hydroxylation is 1. The molecule has 38 heavy (non-hydrogen) atoms. The molecule has 0 saturated heterocycles. The van der Waals surface area contributed by atoms with Crippen molar-refractivity contribution in [3.05, 3.63) is 114 Å². The van der Waals surface area contributed by atoms with Crippen LogP contribution in [0, 0.1) is 17.5 Å².